The third-order valence-corrected chi connectivity index (χ3v) is 9.19. The molecule has 45 heavy (non-hydrogen) atoms. The summed E-state index contributed by atoms with van der Waals surface area (Å²) in [7, 11) is 0. The molecule has 1 atom stereocenters. The van der Waals surface area contributed by atoms with E-state index in [2.05, 4.69) is 52.3 Å². The largest absolute Gasteiger partial charge is 0.303 e. The number of hydrogen-bond donors (Lipinski definition) is 0. The fourth-order valence-corrected chi connectivity index (χ4v) is 6.93. The molecule has 0 saturated carbocycles. The van der Waals surface area contributed by atoms with Gasteiger partial charge in [0.1, 0.15) is 17.3 Å². The Kier molecular flexibility index (Phi) is 7.94. The van der Waals surface area contributed by atoms with Crippen LogP contribution in [0.15, 0.2) is 120 Å². The van der Waals surface area contributed by atoms with Crippen LogP contribution in [0.4, 0.5) is 8.78 Å². The number of amides is 1. The number of halogens is 2. The molecule has 2 aliphatic rings. The average molecular weight is 601 g/mol. The van der Waals surface area contributed by atoms with Crippen LogP contribution in [0.5, 0.6) is 0 Å². The van der Waals surface area contributed by atoms with E-state index in [0.29, 0.717) is 35.1 Å². The second kappa shape index (κ2) is 12.3. The van der Waals surface area contributed by atoms with Crippen LogP contribution in [0.3, 0.4) is 0 Å². The van der Waals surface area contributed by atoms with Crippen molar-refractivity contribution in [3.05, 3.63) is 149 Å². The van der Waals surface area contributed by atoms with Crippen LogP contribution in [-0.2, 0) is 10.3 Å². The van der Waals surface area contributed by atoms with Gasteiger partial charge in [-0.2, -0.15) is 0 Å². The quantitative estimate of drug-likeness (QED) is 0.188. The first-order valence-electron chi connectivity index (χ1n) is 15.6. The van der Waals surface area contributed by atoms with Crippen LogP contribution in [0.25, 0.3) is 10.8 Å². The van der Waals surface area contributed by atoms with Crippen LogP contribution in [0.2, 0.25) is 0 Å². The van der Waals surface area contributed by atoms with E-state index >= 15 is 0 Å². The van der Waals surface area contributed by atoms with Crippen molar-refractivity contribution < 1.29 is 13.6 Å². The highest BCUT2D eigenvalue weighted by Gasteiger charge is 2.51. The Balaban J connectivity index is 1.12. The smallest absolute Gasteiger partial charge is 0.265 e. The van der Waals surface area contributed by atoms with Gasteiger partial charge in [-0.15, -0.1) is 0 Å². The first-order valence-corrected chi connectivity index (χ1v) is 15.6. The molecule has 1 fully saturated rings. The Bertz CT molecular complexity index is 1850. The van der Waals surface area contributed by atoms with E-state index in [4.69, 9.17) is 4.99 Å². The van der Waals surface area contributed by atoms with E-state index in [1.807, 2.05) is 18.2 Å². The molecule has 7 heteroatoms. The summed E-state index contributed by atoms with van der Waals surface area (Å²) in [5.41, 5.74) is 1.30. The molecule has 0 radical (unpaired) electrons. The van der Waals surface area contributed by atoms with Gasteiger partial charge in [0.15, 0.2) is 11.4 Å². The number of fused-ring (bicyclic) bond motifs is 1. The molecule has 4 aromatic carbocycles. The fourth-order valence-electron chi connectivity index (χ4n) is 6.93. The van der Waals surface area contributed by atoms with E-state index in [1.165, 1.54) is 40.6 Å². The van der Waals surface area contributed by atoms with E-state index < -0.39 is 17.2 Å². The second-order valence-electron chi connectivity index (χ2n) is 11.9. The van der Waals surface area contributed by atoms with Gasteiger partial charge in [-0.05, 0) is 109 Å². The predicted octanol–water partition coefficient (Wildman–Crippen LogP) is 7.32. The normalized spacial score (nSPS) is 19.3. The van der Waals surface area contributed by atoms with Crippen LogP contribution in [0.1, 0.15) is 47.6 Å². The molecule has 3 heterocycles. The Morgan fingerprint density at radius 3 is 2.29 bits per heavy atom. The van der Waals surface area contributed by atoms with Gasteiger partial charge < -0.3 is 4.90 Å². The van der Waals surface area contributed by atoms with E-state index in [0.717, 1.165) is 38.9 Å². The number of nitrogens with zero attached hydrogens (tertiary/aromatic N) is 4. The van der Waals surface area contributed by atoms with Gasteiger partial charge in [-0.25, -0.2) is 13.8 Å². The molecule has 0 spiro atoms. The number of hydrogen-bond acceptors (Lipinski definition) is 4. The molecule has 7 rings (SSSR count). The monoisotopic (exact) mass is 600 g/mol. The lowest BCUT2D eigenvalue weighted by Gasteiger charge is -2.33. The average Bonchev–Trinajstić information content (AvgIpc) is 3.38. The Morgan fingerprint density at radius 1 is 0.756 bits per heavy atom. The van der Waals surface area contributed by atoms with Crippen molar-refractivity contribution in [1.82, 2.24) is 14.8 Å². The highest BCUT2D eigenvalue weighted by Crippen LogP contribution is 2.41. The van der Waals surface area contributed by atoms with Crippen LogP contribution < -0.4 is 0 Å². The number of rotatable bonds is 8. The zero-order valence-corrected chi connectivity index (χ0v) is 24.9. The Morgan fingerprint density at radius 2 is 1.51 bits per heavy atom. The fraction of sp³-hybridized carbons (Fsp3) is 0.237. The molecular formula is C38H34F2N4O. The van der Waals surface area contributed by atoms with Gasteiger partial charge in [0.05, 0.1) is 0 Å². The summed E-state index contributed by atoms with van der Waals surface area (Å²) in [5, 5.41) is 2.63. The molecule has 1 unspecified atom stereocenters. The number of likely N-dealkylation sites (tertiary alicyclic amines) is 1. The molecule has 1 aromatic heterocycles. The summed E-state index contributed by atoms with van der Waals surface area (Å²) in [6, 6.07) is 32.4. The molecule has 5 nitrogen and oxygen atoms in total. The highest BCUT2D eigenvalue weighted by molar-refractivity contribution is 6.16. The maximum Gasteiger partial charge on any atom is 0.265 e. The molecule has 1 amide bonds. The Hall–Kier alpha value is -4.75. The summed E-state index contributed by atoms with van der Waals surface area (Å²) >= 11 is 0. The summed E-state index contributed by atoms with van der Waals surface area (Å²) in [4.78, 5) is 28.2. The number of aromatic nitrogens is 1. The molecule has 0 aliphatic carbocycles. The van der Waals surface area contributed by atoms with Crippen molar-refractivity contribution in [2.75, 3.05) is 26.2 Å². The zero-order chi connectivity index (χ0) is 30.8. The lowest BCUT2D eigenvalue weighted by molar-refractivity contribution is -0.130. The first-order chi connectivity index (χ1) is 22.0. The van der Waals surface area contributed by atoms with Crippen molar-refractivity contribution in [1.29, 1.82) is 0 Å². The number of amidine groups is 1. The van der Waals surface area contributed by atoms with E-state index in [9.17, 15) is 13.6 Å². The zero-order valence-electron chi connectivity index (χ0n) is 24.9. The number of benzene rings is 4. The summed E-state index contributed by atoms with van der Waals surface area (Å²) in [6.07, 6.45) is 4.58. The SMILES string of the molecule is O=C1N(CCCN2CCC(c3cccc4ccccc34)CC2)C(c2ccccn2)=NC1(c1ccc(F)cc1)c1cccc(F)c1. The lowest BCUT2D eigenvalue weighted by atomic mass is 9.82. The molecule has 1 saturated heterocycles. The van der Waals surface area contributed by atoms with Gasteiger partial charge in [-0.3, -0.25) is 14.7 Å². The molecule has 0 bridgehead atoms. The summed E-state index contributed by atoms with van der Waals surface area (Å²) in [6.45, 7) is 3.25. The minimum absolute atomic E-state index is 0.296. The van der Waals surface area contributed by atoms with Crippen molar-refractivity contribution in [2.45, 2.75) is 30.7 Å². The van der Waals surface area contributed by atoms with Crippen LogP contribution in [0, 0.1) is 11.6 Å². The summed E-state index contributed by atoms with van der Waals surface area (Å²) in [5.74, 6) is -0.229. The first kappa shape index (κ1) is 29.0. The van der Waals surface area contributed by atoms with Crippen molar-refractivity contribution >= 4 is 22.5 Å². The third kappa shape index (κ3) is 5.53. The van der Waals surface area contributed by atoms with E-state index in [-0.39, 0.29) is 5.91 Å². The standard InChI is InChI=1S/C38H34F2N4O/c39-31-17-15-29(16-18-31)38(30-10-6-11-32(40)26-30)37(45)44(36(42-38)35-14-3-4-21-41-35)23-7-22-43-24-19-28(20-25-43)34-13-5-9-27-8-1-2-12-33(27)34/h1-6,8-18,21,26,28H,7,19-20,22-25H2. The number of pyridine rings is 1. The van der Waals surface area contributed by atoms with Gasteiger partial charge in [0.25, 0.3) is 5.91 Å². The molecule has 2 aliphatic heterocycles. The maximum atomic E-state index is 14.6. The maximum absolute atomic E-state index is 14.6. The van der Waals surface area contributed by atoms with Crippen LogP contribution >= 0.6 is 0 Å². The minimum atomic E-state index is -1.56. The number of aliphatic imine (C=N–C) groups is 1. The van der Waals surface area contributed by atoms with Crippen molar-refractivity contribution in [3.63, 3.8) is 0 Å². The predicted molar refractivity (Wildman–Crippen MR) is 173 cm³/mol. The molecule has 0 N–H and O–H groups in total. The second-order valence-corrected chi connectivity index (χ2v) is 11.9. The Labute approximate surface area is 261 Å². The number of carbonyl (C=O) groups is 1. The topological polar surface area (TPSA) is 48.8 Å². The van der Waals surface area contributed by atoms with Crippen molar-refractivity contribution in [3.8, 4) is 0 Å². The highest BCUT2D eigenvalue weighted by atomic mass is 19.1. The number of carbonyl (C=O) groups excluding carboxylic acids is 1. The summed E-state index contributed by atoms with van der Waals surface area (Å²) < 4.78 is 28.6. The number of piperidine rings is 1. The molecule has 5 aromatic rings. The lowest BCUT2D eigenvalue weighted by Crippen LogP contribution is -2.43. The van der Waals surface area contributed by atoms with Crippen molar-refractivity contribution in [2.24, 2.45) is 4.99 Å². The van der Waals surface area contributed by atoms with E-state index in [1.54, 1.807) is 35.4 Å². The molecular weight excluding hydrogens is 566 g/mol. The minimum Gasteiger partial charge on any atom is -0.303 e. The van der Waals surface area contributed by atoms with Gasteiger partial charge in [-0.1, -0.05) is 72.8 Å². The van der Waals surface area contributed by atoms with Gasteiger partial charge in [0, 0.05) is 12.7 Å². The van der Waals surface area contributed by atoms with Gasteiger partial charge in [0.2, 0.25) is 0 Å². The van der Waals surface area contributed by atoms with Crippen LogP contribution in [-0.4, -0.2) is 52.7 Å². The molecule has 226 valence electrons. The third-order valence-electron chi connectivity index (χ3n) is 9.19. The van der Waals surface area contributed by atoms with Gasteiger partial charge >= 0.3 is 0 Å².